The third-order valence-electron chi connectivity index (χ3n) is 3.90. The fourth-order valence-electron chi connectivity index (χ4n) is 2.51. The van der Waals surface area contributed by atoms with Gasteiger partial charge in [0, 0.05) is 5.69 Å². The zero-order valence-corrected chi connectivity index (χ0v) is 14.5. The van der Waals surface area contributed by atoms with E-state index in [1.54, 1.807) is 13.8 Å². The molecule has 0 aliphatic carbocycles. The second-order valence-electron chi connectivity index (χ2n) is 6.44. The Kier molecular flexibility index (Phi) is 5.62. The van der Waals surface area contributed by atoms with Crippen LogP contribution in [0.25, 0.3) is 0 Å². The van der Waals surface area contributed by atoms with Crippen molar-refractivity contribution in [2.45, 2.75) is 32.2 Å². The number of amides is 4. The van der Waals surface area contributed by atoms with Gasteiger partial charge in [-0.25, -0.2) is 4.79 Å². The van der Waals surface area contributed by atoms with Gasteiger partial charge in [-0.05, 0) is 24.1 Å². The van der Waals surface area contributed by atoms with E-state index in [9.17, 15) is 40.7 Å². The van der Waals surface area contributed by atoms with Gasteiger partial charge in [-0.1, -0.05) is 13.8 Å². The van der Waals surface area contributed by atoms with Crippen molar-refractivity contribution in [2.75, 3.05) is 11.9 Å². The molecule has 4 amide bonds. The zero-order valence-electron chi connectivity index (χ0n) is 14.5. The number of anilines is 1. The molecule has 28 heavy (non-hydrogen) atoms. The van der Waals surface area contributed by atoms with Gasteiger partial charge in [0.15, 0.2) is 0 Å². The zero-order chi connectivity index (χ0) is 21.4. The summed E-state index contributed by atoms with van der Waals surface area (Å²) in [4.78, 5) is 36.4. The van der Waals surface area contributed by atoms with Crippen molar-refractivity contribution >= 4 is 23.5 Å². The number of imide groups is 1. The first-order valence-electron chi connectivity index (χ1n) is 7.91. The maximum absolute atomic E-state index is 12.8. The van der Waals surface area contributed by atoms with Crippen LogP contribution in [0.3, 0.4) is 0 Å². The smallest absolute Gasteiger partial charge is 0.326 e. The predicted octanol–water partition coefficient (Wildman–Crippen LogP) is 3.24. The lowest BCUT2D eigenvalue weighted by Crippen LogP contribution is -2.39. The lowest BCUT2D eigenvalue weighted by molar-refractivity contribution is -0.143. The number of halogens is 6. The van der Waals surface area contributed by atoms with Crippen LogP contribution in [0.5, 0.6) is 0 Å². The molecule has 2 N–H and O–H groups in total. The lowest BCUT2D eigenvalue weighted by atomic mass is 10.1. The number of alkyl halides is 6. The highest BCUT2D eigenvalue weighted by Crippen LogP contribution is 2.37. The molecule has 1 atom stereocenters. The third kappa shape index (κ3) is 4.73. The van der Waals surface area contributed by atoms with E-state index in [0.717, 1.165) is 0 Å². The van der Waals surface area contributed by atoms with Gasteiger partial charge in [0.2, 0.25) is 5.91 Å². The summed E-state index contributed by atoms with van der Waals surface area (Å²) in [5, 5.41) is 4.21. The van der Waals surface area contributed by atoms with Crippen LogP contribution < -0.4 is 10.6 Å². The van der Waals surface area contributed by atoms with E-state index in [1.165, 1.54) is 0 Å². The quantitative estimate of drug-likeness (QED) is 0.590. The van der Waals surface area contributed by atoms with Crippen LogP contribution >= 0.6 is 0 Å². The fraction of sp³-hybridized carbons (Fsp3) is 0.438. The largest absolute Gasteiger partial charge is 0.416 e. The molecule has 12 heteroatoms. The van der Waals surface area contributed by atoms with Crippen LogP contribution in [0.2, 0.25) is 0 Å². The van der Waals surface area contributed by atoms with Crippen molar-refractivity contribution < 1.29 is 40.7 Å². The molecular formula is C16H15F6N3O3. The maximum atomic E-state index is 12.8. The SMILES string of the molecule is CC(C)C1NC(=O)N(CC(=O)Nc2cc(C(F)(F)F)cc(C(F)(F)F)c2)C1=O. The number of nitrogens with one attached hydrogen (secondary N) is 2. The molecule has 0 radical (unpaired) electrons. The maximum Gasteiger partial charge on any atom is 0.416 e. The molecule has 1 fully saturated rings. The van der Waals surface area contributed by atoms with Gasteiger partial charge in [0.05, 0.1) is 11.1 Å². The molecule has 6 nitrogen and oxygen atoms in total. The highest BCUT2D eigenvalue weighted by atomic mass is 19.4. The molecular weight excluding hydrogens is 396 g/mol. The van der Waals surface area contributed by atoms with Gasteiger partial charge in [-0.15, -0.1) is 0 Å². The first-order chi connectivity index (χ1) is 12.7. The highest BCUT2D eigenvalue weighted by molar-refractivity contribution is 6.08. The van der Waals surface area contributed by atoms with E-state index in [0.29, 0.717) is 17.0 Å². The Morgan fingerprint density at radius 1 is 1.07 bits per heavy atom. The van der Waals surface area contributed by atoms with Gasteiger partial charge >= 0.3 is 18.4 Å². The van der Waals surface area contributed by atoms with E-state index in [4.69, 9.17) is 0 Å². The molecule has 0 saturated carbocycles. The summed E-state index contributed by atoms with van der Waals surface area (Å²) in [5.41, 5.74) is -3.97. The molecule has 0 bridgehead atoms. The number of hydrogen-bond donors (Lipinski definition) is 2. The van der Waals surface area contributed by atoms with Gasteiger partial charge in [-0.2, -0.15) is 26.3 Å². The van der Waals surface area contributed by atoms with E-state index >= 15 is 0 Å². The van der Waals surface area contributed by atoms with Crippen molar-refractivity contribution in [1.29, 1.82) is 0 Å². The summed E-state index contributed by atoms with van der Waals surface area (Å²) in [6, 6.07) is -1.17. The Balaban J connectivity index is 2.22. The molecule has 1 aromatic carbocycles. The Bertz CT molecular complexity index is 772. The Hall–Kier alpha value is -2.79. The average molecular weight is 411 g/mol. The minimum absolute atomic E-state index is 0.0830. The topological polar surface area (TPSA) is 78.5 Å². The fourth-order valence-corrected chi connectivity index (χ4v) is 2.51. The standard InChI is InChI=1S/C16H15F6N3O3/c1-7(2)12-13(27)25(14(28)24-12)6-11(26)23-10-4-8(15(17,18)19)3-9(5-10)16(20,21)22/h3-5,7,12H,6H2,1-2H3,(H,23,26)(H,24,28). The van der Waals surface area contributed by atoms with Crippen molar-refractivity contribution in [1.82, 2.24) is 10.2 Å². The van der Waals surface area contributed by atoms with Gasteiger partial charge in [-0.3, -0.25) is 14.5 Å². The summed E-state index contributed by atoms with van der Waals surface area (Å²) in [5.74, 6) is -2.11. The molecule has 1 saturated heterocycles. The summed E-state index contributed by atoms with van der Waals surface area (Å²) in [6.45, 7) is 2.44. The van der Waals surface area contributed by atoms with Gasteiger partial charge in [0.25, 0.3) is 5.91 Å². The summed E-state index contributed by atoms with van der Waals surface area (Å²) in [6.07, 6.45) is -10.1. The minimum Gasteiger partial charge on any atom is -0.326 e. The van der Waals surface area contributed by atoms with Crippen LogP contribution in [-0.4, -0.2) is 35.3 Å². The van der Waals surface area contributed by atoms with Crippen LogP contribution in [-0.2, 0) is 21.9 Å². The first-order valence-corrected chi connectivity index (χ1v) is 7.91. The van der Waals surface area contributed by atoms with Crippen molar-refractivity contribution in [3.8, 4) is 0 Å². The molecule has 0 spiro atoms. The van der Waals surface area contributed by atoms with Gasteiger partial charge in [0.1, 0.15) is 12.6 Å². The number of carbonyl (C=O) groups excluding carboxylic acids is 3. The second-order valence-corrected chi connectivity index (χ2v) is 6.44. The Labute approximate surface area is 154 Å². The molecule has 154 valence electrons. The summed E-state index contributed by atoms with van der Waals surface area (Å²) >= 11 is 0. The minimum atomic E-state index is -5.07. The van der Waals surface area contributed by atoms with E-state index in [-0.39, 0.29) is 12.0 Å². The number of hydrogen-bond acceptors (Lipinski definition) is 3. The first kappa shape index (κ1) is 21.5. The van der Waals surface area contributed by atoms with Crippen molar-refractivity contribution in [3.63, 3.8) is 0 Å². The number of urea groups is 1. The van der Waals surface area contributed by atoms with Gasteiger partial charge < -0.3 is 10.6 Å². The number of benzene rings is 1. The normalized spacial score (nSPS) is 17.9. The van der Waals surface area contributed by atoms with E-state index in [2.05, 4.69) is 5.32 Å². The molecule has 1 aliphatic heterocycles. The van der Waals surface area contributed by atoms with Crippen LogP contribution in [0.15, 0.2) is 18.2 Å². The third-order valence-corrected chi connectivity index (χ3v) is 3.90. The highest BCUT2D eigenvalue weighted by Gasteiger charge is 2.41. The van der Waals surface area contributed by atoms with E-state index in [1.807, 2.05) is 5.32 Å². The molecule has 1 unspecified atom stereocenters. The molecule has 0 aromatic heterocycles. The van der Waals surface area contributed by atoms with Crippen LogP contribution in [0, 0.1) is 5.92 Å². The molecule has 1 heterocycles. The molecule has 2 rings (SSSR count). The number of nitrogens with zero attached hydrogens (tertiary/aromatic N) is 1. The lowest BCUT2D eigenvalue weighted by Gasteiger charge is -2.16. The predicted molar refractivity (Wildman–Crippen MR) is 83.9 cm³/mol. The van der Waals surface area contributed by atoms with Crippen molar-refractivity contribution in [3.05, 3.63) is 29.3 Å². The van der Waals surface area contributed by atoms with E-state index < -0.39 is 59.6 Å². The van der Waals surface area contributed by atoms with Crippen molar-refractivity contribution in [2.24, 2.45) is 5.92 Å². The molecule has 1 aromatic rings. The second kappa shape index (κ2) is 7.32. The molecule has 1 aliphatic rings. The number of rotatable bonds is 4. The number of carbonyl (C=O) groups is 3. The van der Waals surface area contributed by atoms with Crippen LogP contribution in [0.1, 0.15) is 25.0 Å². The monoisotopic (exact) mass is 411 g/mol. The Morgan fingerprint density at radius 2 is 1.57 bits per heavy atom. The average Bonchev–Trinajstić information content (AvgIpc) is 2.81. The van der Waals surface area contributed by atoms with Crippen LogP contribution in [0.4, 0.5) is 36.8 Å². The Morgan fingerprint density at radius 3 is 1.96 bits per heavy atom. The summed E-state index contributed by atoms with van der Waals surface area (Å²) in [7, 11) is 0. The summed E-state index contributed by atoms with van der Waals surface area (Å²) < 4.78 is 77.0.